The van der Waals surface area contributed by atoms with Crippen LogP contribution < -0.4 is 10.6 Å². The molecular weight excluding hydrogens is 376 g/mol. The van der Waals surface area contributed by atoms with Gasteiger partial charge in [0.2, 0.25) is 11.8 Å². The largest absolute Gasteiger partial charge is 0.459 e. The highest BCUT2D eigenvalue weighted by Crippen LogP contribution is 2.21. The molecule has 3 rings (SSSR count). The number of rotatable bonds is 4. The molecule has 1 aliphatic heterocycles. The standard InChI is InChI=1S/C20H24N4O5/c1-11-21-17-12(18(27)22-13-8-9-15(25)23-19(13)28)6-5-7-14(17)24(11)10-16(26)29-20(2,3)4/h5-7,13H,8-10H2,1-4H3,(H,22,27)(H,23,25,28). The monoisotopic (exact) mass is 400 g/mol. The van der Waals surface area contributed by atoms with Gasteiger partial charge in [-0.1, -0.05) is 6.07 Å². The number of ether oxygens (including phenoxy) is 1. The lowest BCUT2D eigenvalue weighted by atomic mass is 10.1. The number of benzene rings is 1. The Labute approximate surface area is 167 Å². The van der Waals surface area contributed by atoms with Gasteiger partial charge in [0.05, 0.1) is 11.1 Å². The van der Waals surface area contributed by atoms with E-state index in [0.29, 0.717) is 22.4 Å². The highest BCUT2D eigenvalue weighted by atomic mass is 16.6. The van der Waals surface area contributed by atoms with Gasteiger partial charge in [-0.25, -0.2) is 4.98 Å². The zero-order chi connectivity index (χ0) is 21.3. The number of esters is 1. The topological polar surface area (TPSA) is 119 Å². The molecule has 2 aromatic rings. The normalized spacial score (nSPS) is 17.2. The molecule has 9 nitrogen and oxygen atoms in total. The number of imidazole rings is 1. The molecule has 3 amide bonds. The predicted octanol–water partition coefficient (Wildman–Crippen LogP) is 1.22. The van der Waals surface area contributed by atoms with E-state index in [-0.39, 0.29) is 25.3 Å². The lowest BCUT2D eigenvalue weighted by Gasteiger charge is -2.21. The molecule has 1 fully saturated rings. The maximum Gasteiger partial charge on any atom is 0.326 e. The van der Waals surface area contributed by atoms with Crippen molar-refractivity contribution in [1.29, 1.82) is 0 Å². The number of carbonyl (C=O) groups is 4. The van der Waals surface area contributed by atoms with E-state index in [1.54, 1.807) is 50.5 Å². The molecule has 0 aliphatic carbocycles. The number of nitrogens with one attached hydrogen (secondary N) is 2. The van der Waals surface area contributed by atoms with Crippen LogP contribution in [0.5, 0.6) is 0 Å². The van der Waals surface area contributed by atoms with Crippen LogP contribution in [0.1, 0.15) is 49.8 Å². The summed E-state index contributed by atoms with van der Waals surface area (Å²) in [5.41, 5.74) is 0.731. The van der Waals surface area contributed by atoms with Crippen molar-refractivity contribution in [3.05, 3.63) is 29.6 Å². The van der Waals surface area contributed by atoms with Crippen molar-refractivity contribution in [2.45, 2.75) is 58.7 Å². The van der Waals surface area contributed by atoms with Gasteiger partial charge in [0.25, 0.3) is 5.91 Å². The van der Waals surface area contributed by atoms with Crippen LogP contribution in [0, 0.1) is 6.92 Å². The summed E-state index contributed by atoms with van der Waals surface area (Å²) in [5, 5.41) is 4.87. The molecule has 1 unspecified atom stereocenters. The Morgan fingerprint density at radius 2 is 2.03 bits per heavy atom. The van der Waals surface area contributed by atoms with Crippen molar-refractivity contribution in [1.82, 2.24) is 20.2 Å². The van der Waals surface area contributed by atoms with Gasteiger partial charge in [-0.05, 0) is 46.2 Å². The summed E-state index contributed by atoms with van der Waals surface area (Å²) in [6, 6.07) is 4.28. The second-order valence-corrected chi connectivity index (χ2v) is 7.98. The van der Waals surface area contributed by atoms with Crippen LogP contribution in [0.3, 0.4) is 0 Å². The molecule has 29 heavy (non-hydrogen) atoms. The number of nitrogens with zero attached hydrogens (tertiary/aromatic N) is 2. The van der Waals surface area contributed by atoms with Gasteiger partial charge in [-0.15, -0.1) is 0 Å². The second-order valence-electron chi connectivity index (χ2n) is 7.98. The van der Waals surface area contributed by atoms with Gasteiger partial charge in [0.15, 0.2) is 0 Å². The van der Waals surface area contributed by atoms with Gasteiger partial charge in [0.1, 0.15) is 29.5 Å². The average Bonchev–Trinajstić information content (AvgIpc) is 2.91. The minimum Gasteiger partial charge on any atom is -0.459 e. The molecule has 9 heteroatoms. The number of imide groups is 1. The fourth-order valence-corrected chi connectivity index (χ4v) is 3.22. The quantitative estimate of drug-likeness (QED) is 0.588. The van der Waals surface area contributed by atoms with E-state index in [1.807, 2.05) is 0 Å². The summed E-state index contributed by atoms with van der Waals surface area (Å²) in [6.45, 7) is 7.09. The molecule has 1 aromatic carbocycles. The van der Waals surface area contributed by atoms with Crippen molar-refractivity contribution < 1.29 is 23.9 Å². The predicted molar refractivity (Wildman–Crippen MR) is 104 cm³/mol. The summed E-state index contributed by atoms with van der Waals surface area (Å²) >= 11 is 0. The second kappa shape index (κ2) is 7.65. The Kier molecular flexibility index (Phi) is 5.41. The highest BCUT2D eigenvalue weighted by Gasteiger charge is 2.29. The zero-order valence-corrected chi connectivity index (χ0v) is 16.9. The summed E-state index contributed by atoms with van der Waals surface area (Å²) in [4.78, 5) is 52.6. The molecule has 0 saturated carbocycles. The van der Waals surface area contributed by atoms with Crippen LogP contribution in [0.2, 0.25) is 0 Å². The first-order chi connectivity index (χ1) is 13.5. The number of hydrogen-bond acceptors (Lipinski definition) is 6. The highest BCUT2D eigenvalue weighted by molar-refractivity contribution is 6.08. The van der Waals surface area contributed by atoms with Gasteiger partial charge in [-0.3, -0.25) is 24.5 Å². The maximum atomic E-state index is 12.8. The van der Waals surface area contributed by atoms with E-state index >= 15 is 0 Å². The Bertz CT molecular complexity index is 1000. The molecule has 0 spiro atoms. The molecule has 2 N–H and O–H groups in total. The first-order valence-electron chi connectivity index (χ1n) is 9.37. The molecule has 1 atom stereocenters. The summed E-state index contributed by atoms with van der Waals surface area (Å²) in [7, 11) is 0. The Balaban J connectivity index is 1.85. The first-order valence-corrected chi connectivity index (χ1v) is 9.37. The van der Waals surface area contributed by atoms with Crippen molar-refractivity contribution in [3.8, 4) is 0 Å². The SMILES string of the molecule is Cc1nc2c(C(=O)NC3CCC(=O)NC3=O)cccc2n1CC(=O)OC(C)(C)C. The van der Waals surface area contributed by atoms with E-state index in [0.717, 1.165) is 0 Å². The molecule has 1 aromatic heterocycles. The molecule has 1 saturated heterocycles. The summed E-state index contributed by atoms with van der Waals surface area (Å²) in [6.07, 6.45) is 0.420. The van der Waals surface area contributed by atoms with Crippen LogP contribution in [0.15, 0.2) is 18.2 Å². The van der Waals surface area contributed by atoms with E-state index in [4.69, 9.17) is 4.74 Å². The lowest BCUT2D eigenvalue weighted by Crippen LogP contribution is -2.52. The van der Waals surface area contributed by atoms with E-state index < -0.39 is 29.4 Å². The van der Waals surface area contributed by atoms with Gasteiger partial charge < -0.3 is 14.6 Å². The maximum absolute atomic E-state index is 12.8. The number of fused-ring (bicyclic) bond motifs is 1. The fraction of sp³-hybridized carbons (Fsp3) is 0.450. The van der Waals surface area contributed by atoms with Crippen molar-refractivity contribution in [3.63, 3.8) is 0 Å². The van der Waals surface area contributed by atoms with Gasteiger partial charge >= 0.3 is 5.97 Å². The van der Waals surface area contributed by atoms with E-state index in [1.165, 1.54) is 0 Å². The van der Waals surface area contributed by atoms with Gasteiger partial charge in [0, 0.05) is 6.42 Å². The molecular formula is C20H24N4O5. The number of piperidine rings is 1. The van der Waals surface area contributed by atoms with Crippen molar-refractivity contribution >= 4 is 34.7 Å². The third kappa shape index (κ3) is 4.61. The summed E-state index contributed by atoms with van der Waals surface area (Å²) < 4.78 is 7.06. The number of amides is 3. The van der Waals surface area contributed by atoms with E-state index in [9.17, 15) is 19.2 Å². The lowest BCUT2D eigenvalue weighted by molar-refractivity contribution is -0.155. The van der Waals surface area contributed by atoms with Crippen LogP contribution >= 0.6 is 0 Å². The minimum absolute atomic E-state index is 0.0299. The number of carbonyl (C=O) groups excluding carboxylic acids is 4. The Morgan fingerprint density at radius 1 is 1.31 bits per heavy atom. The number of para-hydroxylation sites is 1. The first kappa shape index (κ1) is 20.5. The number of aryl methyl sites for hydroxylation is 1. The summed E-state index contributed by atoms with van der Waals surface area (Å²) in [5.74, 6) is -1.18. The van der Waals surface area contributed by atoms with Crippen LogP contribution in [-0.2, 0) is 25.7 Å². The van der Waals surface area contributed by atoms with Crippen molar-refractivity contribution in [2.75, 3.05) is 0 Å². The third-order valence-corrected chi connectivity index (χ3v) is 4.47. The zero-order valence-electron chi connectivity index (χ0n) is 16.9. The van der Waals surface area contributed by atoms with Crippen LogP contribution in [0.4, 0.5) is 0 Å². The fourth-order valence-electron chi connectivity index (χ4n) is 3.22. The number of aromatic nitrogens is 2. The van der Waals surface area contributed by atoms with E-state index in [2.05, 4.69) is 15.6 Å². The van der Waals surface area contributed by atoms with Gasteiger partial charge in [-0.2, -0.15) is 0 Å². The average molecular weight is 400 g/mol. The molecule has 0 radical (unpaired) electrons. The third-order valence-electron chi connectivity index (χ3n) is 4.47. The van der Waals surface area contributed by atoms with Crippen LogP contribution in [-0.4, -0.2) is 44.9 Å². The van der Waals surface area contributed by atoms with Crippen LogP contribution in [0.25, 0.3) is 11.0 Å². The number of hydrogen-bond donors (Lipinski definition) is 2. The molecule has 0 bridgehead atoms. The Morgan fingerprint density at radius 3 is 2.69 bits per heavy atom. The molecule has 154 valence electrons. The molecule has 1 aliphatic rings. The van der Waals surface area contributed by atoms with Crippen molar-refractivity contribution in [2.24, 2.45) is 0 Å². The Hall–Kier alpha value is -3.23. The smallest absolute Gasteiger partial charge is 0.326 e. The minimum atomic E-state index is -0.777. The molecule has 2 heterocycles.